The van der Waals surface area contributed by atoms with Crippen LogP contribution in [-0.2, 0) is 14.9 Å². The second-order valence-electron chi connectivity index (χ2n) is 6.94. The minimum Gasteiger partial charge on any atom is -0.748 e. The average Bonchev–Trinajstić information content (AvgIpc) is 2.53. The molecule has 25 heavy (non-hydrogen) atoms. The molecule has 0 aliphatic carbocycles. The maximum absolute atomic E-state index is 10.5. The van der Waals surface area contributed by atoms with Crippen molar-refractivity contribution in [2.75, 3.05) is 12.9 Å². The zero-order valence-electron chi connectivity index (χ0n) is 16.9. The van der Waals surface area contributed by atoms with Gasteiger partial charge in [-0.05, 0) is 25.7 Å². The zero-order chi connectivity index (χ0) is 18.1. The van der Waals surface area contributed by atoms with Crippen molar-refractivity contribution in [1.29, 1.82) is 0 Å². The molecule has 1 atom stereocenters. The number of hydrogen-bond donors (Lipinski definition) is 0. The van der Waals surface area contributed by atoms with Crippen LogP contribution in [0.1, 0.15) is 103 Å². The molecule has 0 aliphatic rings. The average molecular weight is 387 g/mol. The van der Waals surface area contributed by atoms with Crippen LogP contribution < -0.4 is 29.6 Å². The standard InChI is InChI=1S/C19H40O4S.Na/c1-3-4-5-6-7-8-9-10-11-12-13-16-19(23-2)17-14-15-18-24(20,21)22;/h19H,3-18H2,1-2H3,(H,20,21,22);/q;+1/p-1. The Morgan fingerprint density at radius 3 is 1.56 bits per heavy atom. The van der Waals surface area contributed by atoms with Gasteiger partial charge in [0.1, 0.15) is 0 Å². The Morgan fingerprint density at radius 1 is 0.760 bits per heavy atom. The first-order chi connectivity index (χ1) is 11.5. The van der Waals surface area contributed by atoms with Gasteiger partial charge in [0.15, 0.2) is 0 Å². The van der Waals surface area contributed by atoms with Gasteiger partial charge in [0.05, 0.1) is 16.2 Å². The Kier molecular flexibility index (Phi) is 22.0. The summed E-state index contributed by atoms with van der Waals surface area (Å²) in [6, 6.07) is 0. The van der Waals surface area contributed by atoms with Crippen molar-refractivity contribution in [2.24, 2.45) is 0 Å². The zero-order valence-corrected chi connectivity index (χ0v) is 19.7. The van der Waals surface area contributed by atoms with E-state index >= 15 is 0 Å². The number of unbranched alkanes of at least 4 members (excludes halogenated alkanes) is 11. The summed E-state index contributed by atoms with van der Waals surface area (Å²) in [4.78, 5) is 0. The van der Waals surface area contributed by atoms with E-state index in [4.69, 9.17) is 4.74 Å². The van der Waals surface area contributed by atoms with Crippen LogP contribution in [0.4, 0.5) is 0 Å². The molecular weight excluding hydrogens is 347 g/mol. The summed E-state index contributed by atoms with van der Waals surface area (Å²) in [7, 11) is -2.34. The molecule has 6 heteroatoms. The molecule has 0 saturated carbocycles. The van der Waals surface area contributed by atoms with Gasteiger partial charge in [0.25, 0.3) is 0 Å². The van der Waals surface area contributed by atoms with Crippen molar-refractivity contribution in [3.8, 4) is 0 Å². The molecule has 1 unspecified atom stereocenters. The minimum atomic E-state index is -4.06. The predicted molar refractivity (Wildman–Crippen MR) is 100 cm³/mol. The molecule has 4 nitrogen and oxygen atoms in total. The van der Waals surface area contributed by atoms with Crippen LogP contribution in [-0.4, -0.2) is 31.9 Å². The van der Waals surface area contributed by atoms with E-state index in [1.54, 1.807) is 7.11 Å². The van der Waals surface area contributed by atoms with E-state index in [1.807, 2.05) is 0 Å². The molecular formula is C19H39NaO4S. The van der Waals surface area contributed by atoms with Crippen molar-refractivity contribution < 1.29 is 47.3 Å². The van der Waals surface area contributed by atoms with Gasteiger partial charge in [0.2, 0.25) is 0 Å². The van der Waals surface area contributed by atoms with Gasteiger partial charge in [-0.15, -0.1) is 0 Å². The molecule has 0 N–H and O–H groups in total. The van der Waals surface area contributed by atoms with Gasteiger partial charge >= 0.3 is 29.6 Å². The smallest absolute Gasteiger partial charge is 0.748 e. The van der Waals surface area contributed by atoms with Crippen LogP contribution in [0.5, 0.6) is 0 Å². The summed E-state index contributed by atoms with van der Waals surface area (Å²) in [5.41, 5.74) is 0. The number of rotatable bonds is 18. The number of ether oxygens (including phenoxy) is 1. The molecule has 0 heterocycles. The van der Waals surface area contributed by atoms with Crippen molar-refractivity contribution in [3.63, 3.8) is 0 Å². The third-order valence-electron chi connectivity index (χ3n) is 4.63. The van der Waals surface area contributed by atoms with Crippen LogP contribution in [0, 0.1) is 0 Å². The van der Waals surface area contributed by atoms with Gasteiger partial charge in [-0.1, -0.05) is 77.6 Å². The molecule has 0 amide bonds. The molecule has 0 aromatic heterocycles. The van der Waals surface area contributed by atoms with E-state index in [1.165, 1.54) is 70.6 Å². The quantitative estimate of drug-likeness (QED) is 0.206. The molecule has 0 spiro atoms. The third kappa shape index (κ3) is 22.8. The van der Waals surface area contributed by atoms with Crippen LogP contribution in [0.25, 0.3) is 0 Å². The van der Waals surface area contributed by atoms with Crippen LogP contribution in [0.15, 0.2) is 0 Å². The first-order valence-corrected chi connectivity index (χ1v) is 11.5. The minimum absolute atomic E-state index is 0. The first-order valence-electron chi connectivity index (χ1n) is 9.96. The Morgan fingerprint density at radius 2 is 1.16 bits per heavy atom. The molecule has 0 saturated heterocycles. The molecule has 0 aromatic rings. The van der Waals surface area contributed by atoms with E-state index in [0.29, 0.717) is 6.42 Å². The van der Waals surface area contributed by atoms with Gasteiger partial charge in [-0.3, -0.25) is 0 Å². The van der Waals surface area contributed by atoms with E-state index in [0.717, 1.165) is 19.3 Å². The fourth-order valence-electron chi connectivity index (χ4n) is 3.07. The SMILES string of the molecule is CCCCCCCCCCCCCC(CCCCS(=O)(=O)[O-])OC.[Na+]. The number of hydrogen-bond acceptors (Lipinski definition) is 4. The maximum atomic E-state index is 10.5. The molecule has 0 fully saturated rings. The molecule has 146 valence electrons. The largest absolute Gasteiger partial charge is 1.00 e. The summed E-state index contributed by atoms with van der Waals surface area (Å²) in [6.07, 6.45) is 18.0. The Bertz CT molecular complexity index is 360. The van der Waals surface area contributed by atoms with E-state index < -0.39 is 10.1 Å². The van der Waals surface area contributed by atoms with E-state index in [2.05, 4.69) is 6.92 Å². The van der Waals surface area contributed by atoms with Crippen molar-refractivity contribution in [1.82, 2.24) is 0 Å². The molecule has 0 aliphatic heterocycles. The van der Waals surface area contributed by atoms with Crippen molar-refractivity contribution >= 4 is 10.1 Å². The molecule has 0 radical (unpaired) electrons. The second-order valence-corrected chi connectivity index (χ2v) is 8.46. The number of methoxy groups -OCH3 is 1. The molecule has 0 rings (SSSR count). The maximum Gasteiger partial charge on any atom is 1.00 e. The van der Waals surface area contributed by atoms with Gasteiger partial charge in [0, 0.05) is 12.9 Å². The summed E-state index contributed by atoms with van der Waals surface area (Å²) in [5, 5.41) is 0. The van der Waals surface area contributed by atoms with Crippen LogP contribution >= 0.6 is 0 Å². The van der Waals surface area contributed by atoms with E-state index in [-0.39, 0.29) is 41.4 Å². The van der Waals surface area contributed by atoms with E-state index in [9.17, 15) is 13.0 Å². The molecule has 0 bridgehead atoms. The topological polar surface area (TPSA) is 66.4 Å². The van der Waals surface area contributed by atoms with Crippen LogP contribution in [0.3, 0.4) is 0 Å². The summed E-state index contributed by atoms with van der Waals surface area (Å²) in [6.45, 7) is 2.26. The Balaban J connectivity index is 0. The third-order valence-corrected chi connectivity index (χ3v) is 5.42. The van der Waals surface area contributed by atoms with Gasteiger partial charge in [-0.2, -0.15) is 0 Å². The van der Waals surface area contributed by atoms with Crippen molar-refractivity contribution in [2.45, 2.75) is 109 Å². The normalized spacial score (nSPS) is 12.8. The summed E-state index contributed by atoms with van der Waals surface area (Å²) in [5.74, 6) is -0.248. The second kappa shape index (κ2) is 19.6. The fraction of sp³-hybridized carbons (Fsp3) is 1.00. The van der Waals surface area contributed by atoms with Crippen molar-refractivity contribution in [3.05, 3.63) is 0 Å². The summed E-state index contributed by atoms with van der Waals surface area (Å²) >= 11 is 0. The Labute approximate surface area is 178 Å². The fourth-order valence-corrected chi connectivity index (χ4v) is 3.62. The predicted octanol–water partition coefficient (Wildman–Crippen LogP) is 2.42. The Hall–Kier alpha value is 0.870. The summed E-state index contributed by atoms with van der Waals surface area (Å²) < 4.78 is 37.1. The van der Waals surface area contributed by atoms with Gasteiger partial charge < -0.3 is 9.29 Å². The van der Waals surface area contributed by atoms with Crippen LogP contribution in [0.2, 0.25) is 0 Å². The first kappa shape index (κ1) is 28.1. The monoisotopic (exact) mass is 386 g/mol. The molecule has 0 aromatic carbocycles. The van der Waals surface area contributed by atoms with Gasteiger partial charge in [-0.25, -0.2) is 8.42 Å².